The van der Waals surface area contributed by atoms with E-state index in [-0.39, 0.29) is 22.1 Å². The number of aromatic nitrogens is 4. The SMILES string of the molecule is [2H]c1c([2H])c([2H])c(-c2cccc3c2c(=O)n2c(=O)c4ccc(-c5cc6c7ccccc7n(-c7ccc(-c8ccccc8)cc7)c6c6c5c5ccccc5n6-c5ccc(-c6ccccc6)cc5)cc4n32)c(C#N)c1[2H]. The largest absolute Gasteiger partial charge is 0.307 e. The summed E-state index contributed by atoms with van der Waals surface area (Å²) in [5.41, 5.74) is 11.6. The smallest absolute Gasteiger partial charge is 0.283 e. The highest BCUT2D eigenvalue weighted by Crippen LogP contribution is 2.47. The number of nitriles is 1. The van der Waals surface area contributed by atoms with Crippen molar-refractivity contribution in [2.45, 2.75) is 0 Å². The predicted molar refractivity (Wildman–Crippen MR) is 285 cm³/mol. The average Bonchev–Trinajstić information content (AvgIpc) is 4.17. The molecule has 0 spiro atoms. The molecular formula is C63H37N5O2. The number of fused-ring (bicyclic) bond motifs is 12. The van der Waals surface area contributed by atoms with Gasteiger partial charge in [0.25, 0.3) is 11.1 Å². The number of nitrogens with zero attached hydrogens (tertiary/aromatic N) is 5. The van der Waals surface area contributed by atoms with Gasteiger partial charge in [0.2, 0.25) is 0 Å². The van der Waals surface area contributed by atoms with Crippen LogP contribution in [0.4, 0.5) is 0 Å². The van der Waals surface area contributed by atoms with Crippen molar-refractivity contribution < 1.29 is 5.48 Å². The van der Waals surface area contributed by atoms with Crippen LogP contribution < -0.4 is 11.1 Å². The van der Waals surface area contributed by atoms with Gasteiger partial charge in [-0.05, 0) is 106 Å². The van der Waals surface area contributed by atoms with Crippen LogP contribution in [0.5, 0.6) is 0 Å². The summed E-state index contributed by atoms with van der Waals surface area (Å²) in [5, 5.41) is 14.7. The lowest BCUT2D eigenvalue weighted by atomic mass is 9.96. The Labute approximate surface area is 405 Å². The van der Waals surface area contributed by atoms with Crippen LogP contribution in [-0.2, 0) is 0 Å². The number of benzene rings is 10. The lowest BCUT2D eigenvalue weighted by Gasteiger charge is -2.15. The van der Waals surface area contributed by atoms with Gasteiger partial charge >= 0.3 is 0 Å². The quantitative estimate of drug-likeness (QED) is 0.167. The molecule has 0 aliphatic rings. The van der Waals surface area contributed by atoms with Crippen molar-refractivity contribution in [1.82, 2.24) is 18.2 Å². The lowest BCUT2D eigenvalue weighted by molar-refractivity contribution is 0.841. The van der Waals surface area contributed by atoms with E-state index < -0.39 is 35.3 Å². The second-order valence-corrected chi connectivity index (χ2v) is 17.6. The van der Waals surface area contributed by atoms with Gasteiger partial charge in [0.1, 0.15) is 0 Å². The summed E-state index contributed by atoms with van der Waals surface area (Å²) in [6, 6.07) is 67.9. The molecule has 0 aliphatic heterocycles. The minimum Gasteiger partial charge on any atom is -0.307 e. The molecule has 0 atom stereocenters. The second-order valence-electron chi connectivity index (χ2n) is 17.6. The fourth-order valence-corrected chi connectivity index (χ4v) is 10.9. The normalized spacial score (nSPS) is 12.6. The first-order valence-corrected chi connectivity index (χ1v) is 23.0. The molecule has 0 bridgehead atoms. The number of hydrogen-bond acceptors (Lipinski definition) is 3. The molecule has 4 aromatic heterocycles. The molecule has 326 valence electrons. The fourth-order valence-electron chi connectivity index (χ4n) is 10.9. The summed E-state index contributed by atoms with van der Waals surface area (Å²) in [5.74, 6) is 0. The number of rotatable bonds is 6. The van der Waals surface area contributed by atoms with Gasteiger partial charge in [-0.15, -0.1) is 0 Å². The first kappa shape index (κ1) is 35.4. The van der Waals surface area contributed by atoms with E-state index in [0.717, 1.165) is 92.9 Å². The molecule has 14 aromatic rings. The zero-order valence-electron chi connectivity index (χ0n) is 41.1. The topological polar surface area (TPSA) is 76.6 Å². The van der Waals surface area contributed by atoms with Gasteiger partial charge in [-0.25, -0.2) is 4.52 Å². The van der Waals surface area contributed by atoms with Gasteiger partial charge < -0.3 is 9.13 Å². The van der Waals surface area contributed by atoms with Gasteiger partial charge in [0, 0.05) is 38.5 Å². The van der Waals surface area contributed by atoms with E-state index in [2.05, 4.69) is 149 Å². The zero-order chi connectivity index (χ0) is 50.1. The molecule has 70 heavy (non-hydrogen) atoms. The summed E-state index contributed by atoms with van der Waals surface area (Å²) in [6.07, 6.45) is 0. The standard InChI is InChI=1S/C63H37N5O2/c64-38-44-18-7-8-19-47(44)49-22-13-25-56-59(49)63(70)68-62(69)51-35-30-43(36-57(51)67(56)68)52-37-53-48-20-9-11-23-54(48)65(45-31-26-41(27-32-45)39-14-3-1-4-15-39)60(53)61-58(52)50-21-10-12-24-55(50)66(61)46-33-28-42(29-34-46)40-16-5-2-6-17-40/h1-37H/i7D,8D,18D,19D. The minimum absolute atomic E-state index is 0.0632. The van der Waals surface area contributed by atoms with E-state index in [4.69, 9.17) is 5.48 Å². The molecule has 0 unspecified atom stereocenters. The molecule has 0 radical (unpaired) electrons. The Morgan fingerprint density at radius 1 is 0.386 bits per heavy atom. The Hall–Kier alpha value is -9.77. The number of para-hydroxylation sites is 2. The van der Waals surface area contributed by atoms with Crippen molar-refractivity contribution in [3.8, 4) is 62.0 Å². The third kappa shape index (κ3) is 5.62. The summed E-state index contributed by atoms with van der Waals surface area (Å²) in [7, 11) is 0. The van der Waals surface area contributed by atoms with Crippen molar-refractivity contribution >= 4 is 65.4 Å². The van der Waals surface area contributed by atoms with Crippen LogP contribution in [0.2, 0.25) is 0 Å². The summed E-state index contributed by atoms with van der Waals surface area (Å²) >= 11 is 0. The van der Waals surface area contributed by atoms with Crippen LogP contribution in [0.1, 0.15) is 11.0 Å². The maximum absolute atomic E-state index is 14.7. The second kappa shape index (κ2) is 15.1. The van der Waals surface area contributed by atoms with Crippen molar-refractivity contribution in [1.29, 1.82) is 5.26 Å². The molecule has 0 amide bonds. The van der Waals surface area contributed by atoms with Crippen molar-refractivity contribution in [2.24, 2.45) is 0 Å². The van der Waals surface area contributed by atoms with Crippen molar-refractivity contribution in [3.05, 3.63) is 251 Å². The van der Waals surface area contributed by atoms with E-state index in [1.54, 1.807) is 28.8 Å². The third-order valence-electron chi connectivity index (χ3n) is 13.9. The van der Waals surface area contributed by atoms with Gasteiger partial charge in [0.15, 0.2) is 0 Å². The average molecular weight is 900 g/mol. The van der Waals surface area contributed by atoms with E-state index in [9.17, 15) is 14.9 Å². The molecule has 0 N–H and O–H groups in total. The van der Waals surface area contributed by atoms with E-state index in [1.807, 2.05) is 42.5 Å². The zero-order valence-corrected chi connectivity index (χ0v) is 37.1. The molecular weight excluding hydrogens is 859 g/mol. The van der Waals surface area contributed by atoms with Crippen molar-refractivity contribution in [3.63, 3.8) is 0 Å². The van der Waals surface area contributed by atoms with Crippen LogP contribution in [0.3, 0.4) is 0 Å². The van der Waals surface area contributed by atoms with Gasteiger partial charge in [-0.2, -0.15) is 9.78 Å². The van der Waals surface area contributed by atoms with E-state index >= 15 is 0 Å². The van der Waals surface area contributed by atoms with Gasteiger partial charge in [-0.3, -0.25) is 9.59 Å². The Kier molecular flexibility index (Phi) is 7.65. The first-order valence-electron chi connectivity index (χ1n) is 25.0. The highest BCUT2D eigenvalue weighted by molar-refractivity contribution is 6.28. The Morgan fingerprint density at radius 2 is 0.943 bits per heavy atom. The molecule has 4 heterocycles. The Bertz CT molecular complexity index is 4860. The molecule has 7 nitrogen and oxygen atoms in total. The lowest BCUT2D eigenvalue weighted by Crippen LogP contribution is -2.21. The Balaban J connectivity index is 1.09. The Morgan fingerprint density at radius 3 is 1.61 bits per heavy atom. The number of hydrogen-bond donors (Lipinski definition) is 0. The van der Waals surface area contributed by atoms with Crippen LogP contribution in [0.25, 0.3) is 121 Å². The summed E-state index contributed by atoms with van der Waals surface area (Å²) in [4.78, 5) is 29.2. The maximum atomic E-state index is 14.7. The fraction of sp³-hybridized carbons (Fsp3) is 0. The van der Waals surface area contributed by atoms with E-state index in [0.29, 0.717) is 16.4 Å². The molecule has 0 fully saturated rings. The monoisotopic (exact) mass is 899 g/mol. The molecule has 10 aromatic carbocycles. The summed E-state index contributed by atoms with van der Waals surface area (Å²) in [6.45, 7) is 0. The highest BCUT2D eigenvalue weighted by Gasteiger charge is 2.26. The van der Waals surface area contributed by atoms with Crippen LogP contribution in [0.15, 0.2) is 234 Å². The van der Waals surface area contributed by atoms with Crippen molar-refractivity contribution in [2.75, 3.05) is 0 Å². The predicted octanol–water partition coefficient (Wildman–Crippen LogP) is 14.2. The molecule has 14 rings (SSSR count). The minimum atomic E-state index is -0.663. The maximum Gasteiger partial charge on any atom is 0.283 e. The summed E-state index contributed by atoms with van der Waals surface area (Å²) < 4.78 is 41.5. The first-order chi connectivity index (χ1) is 36.2. The molecule has 7 heteroatoms. The molecule has 0 saturated carbocycles. The van der Waals surface area contributed by atoms with Crippen LogP contribution in [-0.4, -0.2) is 18.2 Å². The highest BCUT2D eigenvalue weighted by atomic mass is 16.2. The van der Waals surface area contributed by atoms with Gasteiger partial charge in [-0.1, -0.05) is 158 Å². The van der Waals surface area contributed by atoms with Gasteiger partial charge in [0.05, 0.1) is 61.0 Å². The molecule has 0 aliphatic carbocycles. The third-order valence-corrected chi connectivity index (χ3v) is 13.9. The van der Waals surface area contributed by atoms with E-state index in [1.165, 1.54) is 0 Å². The van der Waals surface area contributed by atoms with Crippen LogP contribution in [0, 0.1) is 11.3 Å². The molecule has 0 saturated heterocycles. The van der Waals surface area contributed by atoms with Crippen LogP contribution >= 0.6 is 0 Å².